The number of aromatic hydroxyl groups is 3. The van der Waals surface area contributed by atoms with E-state index in [4.69, 9.17) is 0 Å². The van der Waals surface area contributed by atoms with Gasteiger partial charge in [0.25, 0.3) is 0 Å². The molecular weight excluding hydrogens is 204 g/mol. The van der Waals surface area contributed by atoms with Crippen molar-refractivity contribution in [1.29, 1.82) is 0 Å². The van der Waals surface area contributed by atoms with Gasteiger partial charge in [0.15, 0.2) is 11.5 Å². The molecule has 0 heterocycles. The van der Waals surface area contributed by atoms with Gasteiger partial charge in [-0.1, -0.05) is 36.4 Å². The minimum atomic E-state index is -0.464. The zero-order valence-electron chi connectivity index (χ0n) is 8.59. The number of hydrogen-bond acceptors (Lipinski definition) is 3. The quantitative estimate of drug-likeness (QED) is 0.675. The minimum Gasteiger partial charge on any atom is -0.504 e. The average molecular weight is 216 g/mol. The first-order chi connectivity index (χ1) is 7.68. The van der Waals surface area contributed by atoms with Crippen LogP contribution >= 0.6 is 0 Å². The fourth-order valence-electron chi connectivity index (χ4n) is 1.57. The molecule has 0 spiro atoms. The second-order valence-corrected chi connectivity index (χ2v) is 3.60. The maximum absolute atomic E-state index is 9.63. The molecule has 0 atom stereocenters. The Morgan fingerprint density at radius 2 is 1.44 bits per heavy atom. The zero-order valence-corrected chi connectivity index (χ0v) is 8.59. The number of hydrogen-bond donors (Lipinski definition) is 3. The van der Waals surface area contributed by atoms with Gasteiger partial charge in [-0.3, -0.25) is 0 Å². The predicted octanol–water partition coefficient (Wildman–Crippen LogP) is 2.39. The van der Waals surface area contributed by atoms with Crippen molar-refractivity contribution in [1.82, 2.24) is 0 Å². The smallest absolute Gasteiger partial charge is 0.200 e. The van der Waals surface area contributed by atoms with Crippen molar-refractivity contribution in [2.24, 2.45) is 0 Å². The van der Waals surface area contributed by atoms with E-state index in [0.29, 0.717) is 12.0 Å². The van der Waals surface area contributed by atoms with Crippen LogP contribution in [0, 0.1) is 0 Å². The Kier molecular flexibility index (Phi) is 2.68. The van der Waals surface area contributed by atoms with Crippen molar-refractivity contribution in [2.45, 2.75) is 6.42 Å². The molecule has 0 saturated carbocycles. The predicted molar refractivity (Wildman–Crippen MR) is 60.7 cm³/mol. The van der Waals surface area contributed by atoms with Crippen LogP contribution in [0.15, 0.2) is 42.5 Å². The lowest BCUT2D eigenvalue weighted by atomic mass is 10.0. The molecule has 0 aromatic heterocycles. The van der Waals surface area contributed by atoms with E-state index >= 15 is 0 Å². The van der Waals surface area contributed by atoms with Gasteiger partial charge in [0.1, 0.15) is 0 Å². The largest absolute Gasteiger partial charge is 0.504 e. The highest BCUT2D eigenvalue weighted by Gasteiger charge is 2.10. The lowest BCUT2D eigenvalue weighted by molar-refractivity contribution is 0.365. The molecule has 0 bridgehead atoms. The molecule has 3 heteroatoms. The lowest BCUT2D eigenvalue weighted by Gasteiger charge is -2.07. The molecule has 3 nitrogen and oxygen atoms in total. The van der Waals surface area contributed by atoms with E-state index in [1.54, 1.807) is 6.07 Å². The minimum absolute atomic E-state index is 0.260. The standard InChI is InChI=1S/C13H12O3/c14-11-7-6-10(12(15)13(11)16)8-9-4-2-1-3-5-9/h1-7,14-16H,8H2. The summed E-state index contributed by atoms with van der Waals surface area (Å²) in [6, 6.07) is 12.6. The molecule has 0 aliphatic carbocycles. The van der Waals surface area contributed by atoms with Crippen molar-refractivity contribution in [3.8, 4) is 17.2 Å². The molecule has 0 radical (unpaired) electrons. The highest BCUT2D eigenvalue weighted by atomic mass is 16.3. The van der Waals surface area contributed by atoms with Gasteiger partial charge in [-0.2, -0.15) is 0 Å². The molecule has 82 valence electrons. The molecule has 2 aromatic rings. The van der Waals surface area contributed by atoms with Crippen LogP contribution in [0.2, 0.25) is 0 Å². The molecule has 16 heavy (non-hydrogen) atoms. The molecule has 0 fully saturated rings. The number of phenols is 3. The normalized spacial score (nSPS) is 10.2. The molecule has 0 aliphatic rings. The van der Waals surface area contributed by atoms with E-state index in [2.05, 4.69) is 0 Å². The average Bonchev–Trinajstić information content (AvgIpc) is 2.31. The summed E-state index contributed by atoms with van der Waals surface area (Å²) >= 11 is 0. The highest BCUT2D eigenvalue weighted by Crippen LogP contribution is 2.37. The maximum atomic E-state index is 9.63. The summed E-state index contributed by atoms with van der Waals surface area (Å²) in [5.41, 5.74) is 1.62. The van der Waals surface area contributed by atoms with E-state index in [1.807, 2.05) is 30.3 Å². The third-order valence-corrected chi connectivity index (χ3v) is 2.45. The third-order valence-electron chi connectivity index (χ3n) is 2.45. The first kappa shape index (κ1) is 10.4. The van der Waals surface area contributed by atoms with Gasteiger partial charge in [-0.05, 0) is 11.6 Å². The van der Waals surface area contributed by atoms with Crippen LogP contribution in [0.25, 0.3) is 0 Å². The van der Waals surface area contributed by atoms with Crippen LogP contribution in [0.5, 0.6) is 17.2 Å². The van der Waals surface area contributed by atoms with Gasteiger partial charge in [0, 0.05) is 12.0 Å². The van der Waals surface area contributed by atoms with Crippen LogP contribution in [0.1, 0.15) is 11.1 Å². The summed E-state index contributed by atoms with van der Waals surface area (Å²) in [4.78, 5) is 0. The summed E-state index contributed by atoms with van der Waals surface area (Å²) in [6.07, 6.45) is 0.514. The summed E-state index contributed by atoms with van der Waals surface area (Å²) in [7, 11) is 0. The Bertz CT molecular complexity index is 492. The van der Waals surface area contributed by atoms with Gasteiger partial charge in [0.2, 0.25) is 5.75 Å². The molecule has 2 rings (SSSR count). The molecule has 3 N–H and O–H groups in total. The van der Waals surface area contributed by atoms with Crippen LogP contribution in [0.3, 0.4) is 0 Å². The fraction of sp³-hybridized carbons (Fsp3) is 0.0769. The van der Waals surface area contributed by atoms with Crippen molar-refractivity contribution in [3.05, 3.63) is 53.6 Å². The van der Waals surface area contributed by atoms with E-state index in [1.165, 1.54) is 6.07 Å². The van der Waals surface area contributed by atoms with Gasteiger partial charge in [0.05, 0.1) is 0 Å². The van der Waals surface area contributed by atoms with Crippen molar-refractivity contribution in [3.63, 3.8) is 0 Å². The lowest BCUT2D eigenvalue weighted by Crippen LogP contribution is -1.88. The molecule has 0 amide bonds. The monoisotopic (exact) mass is 216 g/mol. The Hall–Kier alpha value is -2.16. The first-order valence-electron chi connectivity index (χ1n) is 4.95. The zero-order chi connectivity index (χ0) is 11.5. The van der Waals surface area contributed by atoms with Crippen LogP contribution in [-0.4, -0.2) is 15.3 Å². The maximum Gasteiger partial charge on any atom is 0.200 e. The summed E-state index contributed by atoms with van der Waals surface area (Å²) in [5.74, 6) is -1.04. The Morgan fingerprint density at radius 1 is 0.750 bits per heavy atom. The van der Waals surface area contributed by atoms with Crippen molar-refractivity contribution in [2.75, 3.05) is 0 Å². The second kappa shape index (κ2) is 4.14. The van der Waals surface area contributed by atoms with E-state index in [9.17, 15) is 15.3 Å². The highest BCUT2D eigenvalue weighted by molar-refractivity contribution is 5.54. The summed E-state index contributed by atoms with van der Waals surface area (Å²) in [6.45, 7) is 0. The molecule has 0 aliphatic heterocycles. The molecular formula is C13H12O3. The number of benzene rings is 2. The SMILES string of the molecule is Oc1ccc(Cc2ccccc2)c(O)c1O. The Balaban J connectivity index is 2.33. The van der Waals surface area contributed by atoms with Crippen LogP contribution < -0.4 is 0 Å². The Morgan fingerprint density at radius 3 is 2.12 bits per heavy atom. The van der Waals surface area contributed by atoms with Crippen molar-refractivity contribution >= 4 is 0 Å². The van der Waals surface area contributed by atoms with Gasteiger partial charge < -0.3 is 15.3 Å². The van der Waals surface area contributed by atoms with Crippen LogP contribution in [-0.2, 0) is 6.42 Å². The summed E-state index contributed by atoms with van der Waals surface area (Å²) < 4.78 is 0. The van der Waals surface area contributed by atoms with Gasteiger partial charge in [-0.25, -0.2) is 0 Å². The number of phenolic OH excluding ortho intramolecular Hbond substituents is 3. The Labute approximate surface area is 93.2 Å². The first-order valence-corrected chi connectivity index (χ1v) is 4.95. The molecule has 2 aromatic carbocycles. The second-order valence-electron chi connectivity index (χ2n) is 3.60. The summed E-state index contributed by atoms with van der Waals surface area (Å²) in [5, 5.41) is 28.2. The molecule has 0 saturated heterocycles. The van der Waals surface area contributed by atoms with E-state index < -0.39 is 5.75 Å². The van der Waals surface area contributed by atoms with E-state index in [0.717, 1.165) is 5.56 Å². The van der Waals surface area contributed by atoms with Gasteiger partial charge in [-0.15, -0.1) is 0 Å². The van der Waals surface area contributed by atoms with Gasteiger partial charge >= 0.3 is 0 Å². The van der Waals surface area contributed by atoms with E-state index in [-0.39, 0.29) is 11.5 Å². The molecule has 0 unspecified atom stereocenters. The topological polar surface area (TPSA) is 60.7 Å². The fourth-order valence-corrected chi connectivity index (χ4v) is 1.57. The van der Waals surface area contributed by atoms with Crippen molar-refractivity contribution < 1.29 is 15.3 Å². The number of rotatable bonds is 2. The third kappa shape index (κ3) is 1.93. The van der Waals surface area contributed by atoms with Crippen LogP contribution in [0.4, 0.5) is 0 Å².